The fraction of sp³-hybridized carbons (Fsp3) is 0.0769. The summed E-state index contributed by atoms with van der Waals surface area (Å²) in [4.78, 5) is 21.7. The summed E-state index contributed by atoms with van der Waals surface area (Å²) >= 11 is 5.79. The molecule has 0 radical (unpaired) electrons. The van der Waals surface area contributed by atoms with Crippen molar-refractivity contribution in [2.75, 3.05) is 0 Å². The van der Waals surface area contributed by atoms with Crippen LogP contribution in [-0.4, -0.2) is 16.5 Å². The minimum absolute atomic E-state index is 0.202. The third-order valence-electron chi connectivity index (χ3n) is 2.54. The number of furan rings is 1. The topological polar surface area (TPSA) is 97.7 Å². The molecule has 0 bridgehead atoms. The monoisotopic (exact) mass is 307 g/mol. The van der Waals surface area contributed by atoms with Crippen molar-refractivity contribution in [2.24, 2.45) is 5.10 Å². The Morgan fingerprint density at radius 3 is 2.76 bits per heavy atom. The number of nitrogens with zero attached hydrogens (tertiary/aromatic N) is 2. The Hall–Kier alpha value is -2.67. The van der Waals surface area contributed by atoms with E-state index in [-0.39, 0.29) is 11.6 Å². The van der Waals surface area contributed by atoms with Crippen LogP contribution in [0.4, 0.5) is 5.88 Å². The second kappa shape index (κ2) is 6.19. The standard InChI is InChI=1S/C13H10ClN3O4/c1-8(11-5-6-12(21-11)17(19)20)15-16-13(18)9-3-2-4-10(14)7-9/h2-7H,1H3,(H,16,18)/b15-8-. The minimum Gasteiger partial charge on any atom is -0.399 e. The molecule has 8 heteroatoms. The van der Waals surface area contributed by atoms with Gasteiger partial charge in [0.25, 0.3) is 5.91 Å². The van der Waals surface area contributed by atoms with Gasteiger partial charge in [0.1, 0.15) is 10.6 Å². The van der Waals surface area contributed by atoms with E-state index in [1.165, 1.54) is 18.2 Å². The average Bonchev–Trinajstić information content (AvgIpc) is 2.94. The first-order chi connectivity index (χ1) is 9.97. The molecule has 1 heterocycles. The summed E-state index contributed by atoms with van der Waals surface area (Å²) in [6, 6.07) is 9.00. The number of nitrogens with one attached hydrogen (secondary N) is 1. The number of halogens is 1. The molecule has 0 spiro atoms. The lowest BCUT2D eigenvalue weighted by Crippen LogP contribution is -2.19. The van der Waals surface area contributed by atoms with Crippen LogP contribution in [0.25, 0.3) is 0 Å². The van der Waals surface area contributed by atoms with Gasteiger partial charge in [0.2, 0.25) is 0 Å². The van der Waals surface area contributed by atoms with Crippen LogP contribution in [0.15, 0.2) is 45.9 Å². The van der Waals surface area contributed by atoms with Crippen molar-refractivity contribution < 1.29 is 14.1 Å². The van der Waals surface area contributed by atoms with E-state index < -0.39 is 10.8 Å². The molecule has 0 fully saturated rings. The number of hydrogen-bond acceptors (Lipinski definition) is 5. The highest BCUT2D eigenvalue weighted by Gasteiger charge is 2.14. The van der Waals surface area contributed by atoms with E-state index >= 15 is 0 Å². The number of rotatable bonds is 4. The Labute approximate surface area is 124 Å². The molecule has 1 aromatic heterocycles. The lowest BCUT2D eigenvalue weighted by Gasteiger charge is -2.01. The smallest absolute Gasteiger partial charge is 0.399 e. The Bertz CT molecular complexity index is 724. The molecule has 21 heavy (non-hydrogen) atoms. The van der Waals surface area contributed by atoms with Gasteiger partial charge in [-0.25, -0.2) is 5.43 Å². The van der Waals surface area contributed by atoms with Crippen LogP contribution in [0.2, 0.25) is 5.02 Å². The van der Waals surface area contributed by atoms with E-state index in [2.05, 4.69) is 10.5 Å². The number of hydrazone groups is 1. The quantitative estimate of drug-likeness (QED) is 0.533. The predicted octanol–water partition coefficient (Wildman–Crippen LogP) is 3.00. The zero-order chi connectivity index (χ0) is 15.4. The van der Waals surface area contributed by atoms with Crippen LogP contribution < -0.4 is 5.43 Å². The SMILES string of the molecule is C/C(=N/NC(=O)c1cccc(Cl)c1)c1ccc([N+](=O)[O-])o1. The summed E-state index contributed by atoms with van der Waals surface area (Å²) in [6.45, 7) is 1.56. The summed E-state index contributed by atoms with van der Waals surface area (Å²) < 4.78 is 4.96. The van der Waals surface area contributed by atoms with Gasteiger partial charge in [-0.1, -0.05) is 17.7 Å². The zero-order valence-corrected chi connectivity index (χ0v) is 11.6. The molecular weight excluding hydrogens is 298 g/mol. The molecule has 1 N–H and O–H groups in total. The molecule has 0 aliphatic heterocycles. The molecule has 0 aliphatic rings. The summed E-state index contributed by atoms with van der Waals surface area (Å²) in [5.41, 5.74) is 2.98. The van der Waals surface area contributed by atoms with Crippen LogP contribution in [0.3, 0.4) is 0 Å². The van der Waals surface area contributed by atoms with E-state index in [9.17, 15) is 14.9 Å². The Balaban J connectivity index is 2.09. The van der Waals surface area contributed by atoms with Crippen molar-refractivity contribution in [3.8, 4) is 0 Å². The van der Waals surface area contributed by atoms with Crippen molar-refractivity contribution in [1.29, 1.82) is 0 Å². The Morgan fingerprint density at radius 1 is 1.38 bits per heavy atom. The van der Waals surface area contributed by atoms with Crippen molar-refractivity contribution in [2.45, 2.75) is 6.92 Å². The lowest BCUT2D eigenvalue weighted by molar-refractivity contribution is -0.402. The van der Waals surface area contributed by atoms with Crippen LogP contribution >= 0.6 is 11.6 Å². The van der Waals surface area contributed by atoms with E-state index in [1.54, 1.807) is 25.1 Å². The average molecular weight is 308 g/mol. The molecule has 108 valence electrons. The van der Waals surface area contributed by atoms with Crippen LogP contribution in [0, 0.1) is 10.1 Å². The zero-order valence-electron chi connectivity index (χ0n) is 10.9. The van der Waals surface area contributed by atoms with Gasteiger partial charge in [0, 0.05) is 10.6 Å². The number of carbonyl (C=O) groups excluding carboxylic acids is 1. The fourth-order valence-electron chi connectivity index (χ4n) is 1.50. The predicted molar refractivity (Wildman–Crippen MR) is 76.5 cm³/mol. The first-order valence-electron chi connectivity index (χ1n) is 5.82. The normalized spacial score (nSPS) is 11.2. The second-order valence-corrected chi connectivity index (χ2v) is 4.48. The van der Waals surface area contributed by atoms with Gasteiger partial charge >= 0.3 is 5.88 Å². The van der Waals surface area contributed by atoms with Gasteiger partial charge in [0.15, 0.2) is 5.76 Å². The van der Waals surface area contributed by atoms with E-state index in [4.69, 9.17) is 16.0 Å². The summed E-state index contributed by atoms with van der Waals surface area (Å²) in [5, 5.41) is 14.8. The van der Waals surface area contributed by atoms with Crippen molar-refractivity contribution >= 4 is 29.1 Å². The van der Waals surface area contributed by atoms with Gasteiger partial charge < -0.3 is 4.42 Å². The van der Waals surface area contributed by atoms with Gasteiger partial charge in [-0.2, -0.15) is 5.10 Å². The Kier molecular flexibility index (Phi) is 4.34. The molecule has 7 nitrogen and oxygen atoms in total. The molecule has 0 atom stereocenters. The summed E-state index contributed by atoms with van der Waals surface area (Å²) in [7, 11) is 0. The van der Waals surface area contributed by atoms with Gasteiger partial charge in [-0.15, -0.1) is 0 Å². The highest BCUT2D eigenvalue weighted by Crippen LogP contribution is 2.16. The maximum atomic E-state index is 11.8. The van der Waals surface area contributed by atoms with Crippen LogP contribution in [0.5, 0.6) is 0 Å². The maximum Gasteiger partial charge on any atom is 0.433 e. The largest absolute Gasteiger partial charge is 0.433 e. The van der Waals surface area contributed by atoms with Crippen molar-refractivity contribution in [1.82, 2.24) is 5.43 Å². The van der Waals surface area contributed by atoms with Crippen molar-refractivity contribution in [3.63, 3.8) is 0 Å². The number of nitro groups is 1. The second-order valence-electron chi connectivity index (χ2n) is 4.04. The Morgan fingerprint density at radius 2 is 2.14 bits per heavy atom. The van der Waals surface area contributed by atoms with Gasteiger partial charge in [-0.05, 0) is 31.2 Å². The van der Waals surface area contributed by atoms with E-state index in [0.29, 0.717) is 16.3 Å². The fourth-order valence-corrected chi connectivity index (χ4v) is 1.69. The molecule has 0 aliphatic carbocycles. The molecular formula is C13H10ClN3O4. The highest BCUT2D eigenvalue weighted by molar-refractivity contribution is 6.30. The number of hydrogen-bond donors (Lipinski definition) is 1. The molecule has 0 saturated carbocycles. The van der Waals surface area contributed by atoms with Crippen LogP contribution in [-0.2, 0) is 0 Å². The number of amides is 1. The molecule has 2 aromatic rings. The summed E-state index contributed by atoms with van der Waals surface area (Å²) in [5.74, 6) is -0.633. The first kappa shape index (κ1) is 14.7. The maximum absolute atomic E-state index is 11.8. The highest BCUT2D eigenvalue weighted by atomic mass is 35.5. The van der Waals surface area contributed by atoms with Crippen molar-refractivity contribution in [3.05, 3.63) is 62.9 Å². The molecule has 1 aromatic carbocycles. The van der Waals surface area contributed by atoms with E-state index in [1.807, 2.05) is 0 Å². The third-order valence-corrected chi connectivity index (χ3v) is 2.78. The van der Waals surface area contributed by atoms with E-state index in [0.717, 1.165) is 0 Å². The number of benzene rings is 1. The molecule has 2 rings (SSSR count). The lowest BCUT2D eigenvalue weighted by atomic mass is 10.2. The third kappa shape index (κ3) is 3.67. The molecule has 0 unspecified atom stereocenters. The number of carbonyl (C=O) groups is 1. The van der Waals surface area contributed by atoms with Gasteiger partial charge in [0.05, 0.1) is 6.07 Å². The minimum atomic E-state index is -0.651. The van der Waals surface area contributed by atoms with Crippen LogP contribution in [0.1, 0.15) is 23.0 Å². The first-order valence-corrected chi connectivity index (χ1v) is 6.20. The molecule has 0 saturated heterocycles. The summed E-state index contributed by atoms with van der Waals surface area (Å²) in [6.07, 6.45) is 0. The molecule has 1 amide bonds. The van der Waals surface area contributed by atoms with Gasteiger partial charge in [-0.3, -0.25) is 14.9 Å².